The lowest BCUT2D eigenvalue weighted by molar-refractivity contribution is -0.123. The summed E-state index contributed by atoms with van der Waals surface area (Å²) in [6.45, 7) is 7.23. The number of hydrogen-bond donors (Lipinski definition) is 1. The molecule has 1 atom stereocenters. The number of amides is 1. The molecule has 24 heavy (non-hydrogen) atoms. The third kappa shape index (κ3) is 4.15. The molecule has 0 unspecified atom stereocenters. The number of halogens is 1. The van der Waals surface area contributed by atoms with Gasteiger partial charge in [0.2, 0.25) is 0 Å². The summed E-state index contributed by atoms with van der Waals surface area (Å²) in [5.41, 5.74) is 3.88. The number of nitrogens with one attached hydrogen (secondary N) is 1. The third-order valence-electron chi connectivity index (χ3n) is 3.92. The van der Waals surface area contributed by atoms with Crippen molar-refractivity contribution in [3.8, 4) is 0 Å². The van der Waals surface area contributed by atoms with Gasteiger partial charge in [-0.05, 0) is 68.7 Å². The van der Waals surface area contributed by atoms with E-state index in [1.54, 1.807) is 30.3 Å². The summed E-state index contributed by atoms with van der Waals surface area (Å²) in [5.74, 6) is -0.930. The zero-order valence-corrected chi connectivity index (χ0v) is 14.9. The van der Waals surface area contributed by atoms with E-state index >= 15 is 0 Å². The van der Waals surface area contributed by atoms with Crippen molar-refractivity contribution in [2.24, 2.45) is 0 Å². The number of anilines is 1. The molecule has 2 rings (SSSR count). The Kier molecular flexibility index (Phi) is 5.62. The molecule has 0 aliphatic rings. The first-order valence-electron chi connectivity index (χ1n) is 7.64. The van der Waals surface area contributed by atoms with E-state index in [9.17, 15) is 9.59 Å². The van der Waals surface area contributed by atoms with Gasteiger partial charge in [-0.3, -0.25) is 4.79 Å². The Morgan fingerprint density at radius 2 is 1.79 bits per heavy atom. The third-order valence-corrected chi connectivity index (χ3v) is 4.33. The average molecular weight is 346 g/mol. The van der Waals surface area contributed by atoms with Gasteiger partial charge in [0, 0.05) is 10.7 Å². The van der Waals surface area contributed by atoms with Crippen LogP contribution in [0.25, 0.3) is 0 Å². The molecule has 0 radical (unpaired) electrons. The Hall–Kier alpha value is -2.33. The maximum Gasteiger partial charge on any atom is 0.338 e. The van der Waals surface area contributed by atoms with Crippen molar-refractivity contribution >= 4 is 29.2 Å². The second-order valence-corrected chi connectivity index (χ2v) is 6.16. The number of hydrogen-bond acceptors (Lipinski definition) is 3. The standard InChI is InChI=1S/C19H20ClNO3/c1-11-8-9-15(10-12(11)2)19(23)24-14(4)18(22)21-17-7-5-6-16(20)13(17)3/h5-10,14H,1-4H3,(H,21,22)/t14-/m0/s1. The van der Waals surface area contributed by atoms with Gasteiger partial charge in [-0.15, -0.1) is 0 Å². The van der Waals surface area contributed by atoms with Crippen LogP contribution >= 0.6 is 11.6 Å². The molecular weight excluding hydrogens is 326 g/mol. The van der Waals surface area contributed by atoms with Crippen LogP contribution in [0.15, 0.2) is 36.4 Å². The van der Waals surface area contributed by atoms with Crippen molar-refractivity contribution in [1.29, 1.82) is 0 Å². The lowest BCUT2D eigenvalue weighted by Gasteiger charge is -2.15. The maximum atomic E-state index is 12.2. The van der Waals surface area contributed by atoms with E-state index < -0.39 is 18.0 Å². The molecule has 0 aliphatic carbocycles. The lowest BCUT2D eigenvalue weighted by atomic mass is 10.1. The molecule has 2 aromatic carbocycles. The highest BCUT2D eigenvalue weighted by atomic mass is 35.5. The molecule has 0 spiro atoms. The van der Waals surface area contributed by atoms with Crippen LogP contribution in [-0.4, -0.2) is 18.0 Å². The molecule has 0 saturated heterocycles. The Morgan fingerprint density at radius 3 is 2.46 bits per heavy atom. The van der Waals surface area contributed by atoms with Gasteiger partial charge in [-0.1, -0.05) is 23.7 Å². The fourth-order valence-electron chi connectivity index (χ4n) is 2.13. The molecule has 0 fully saturated rings. The predicted molar refractivity (Wildman–Crippen MR) is 95.6 cm³/mol. The van der Waals surface area contributed by atoms with Gasteiger partial charge in [0.1, 0.15) is 0 Å². The number of benzene rings is 2. The number of carbonyl (C=O) groups excluding carboxylic acids is 2. The van der Waals surface area contributed by atoms with Crippen LogP contribution in [0.2, 0.25) is 5.02 Å². The van der Waals surface area contributed by atoms with Crippen LogP contribution < -0.4 is 5.32 Å². The first-order chi connectivity index (χ1) is 11.3. The van der Waals surface area contributed by atoms with Crippen molar-refractivity contribution in [2.75, 3.05) is 5.32 Å². The molecule has 0 aromatic heterocycles. The topological polar surface area (TPSA) is 55.4 Å². The van der Waals surface area contributed by atoms with E-state index in [0.29, 0.717) is 16.3 Å². The molecule has 1 amide bonds. The summed E-state index contributed by atoms with van der Waals surface area (Å²) < 4.78 is 5.25. The van der Waals surface area contributed by atoms with Gasteiger partial charge in [0.05, 0.1) is 5.56 Å². The number of aryl methyl sites for hydroxylation is 2. The average Bonchev–Trinajstić information content (AvgIpc) is 2.54. The van der Waals surface area contributed by atoms with Crippen molar-refractivity contribution in [3.63, 3.8) is 0 Å². The molecule has 5 heteroatoms. The number of esters is 1. The fraction of sp³-hybridized carbons (Fsp3) is 0.263. The molecule has 4 nitrogen and oxygen atoms in total. The van der Waals surface area contributed by atoms with E-state index in [1.165, 1.54) is 6.92 Å². The second kappa shape index (κ2) is 7.49. The summed E-state index contributed by atoms with van der Waals surface area (Å²) in [5, 5.41) is 3.29. The lowest BCUT2D eigenvalue weighted by Crippen LogP contribution is -2.30. The first-order valence-corrected chi connectivity index (χ1v) is 8.01. The number of carbonyl (C=O) groups is 2. The van der Waals surface area contributed by atoms with Crippen LogP contribution in [0, 0.1) is 20.8 Å². The Bertz CT molecular complexity index is 786. The van der Waals surface area contributed by atoms with Crippen molar-refractivity contribution < 1.29 is 14.3 Å². The Balaban J connectivity index is 2.04. The van der Waals surface area contributed by atoms with Crippen LogP contribution in [0.4, 0.5) is 5.69 Å². The summed E-state index contributed by atoms with van der Waals surface area (Å²) in [6.07, 6.45) is -0.919. The minimum atomic E-state index is -0.919. The SMILES string of the molecule is Cc1ccc(C(=O)O[C@@H](C)C(=O)Nc2cccc(Cl)c2C)cc1C. The van der Waals surface area contributed by atoms with Crippen molar-refractivity contribution in [1.82, 2.24) is 0 Å². The highest BCUT2D eigenvalue weighted by molar-refractivity contribution is 6.31. The van der Waals surface area contributed by atoms with Crippen LogP contribution in [0.1, 0.15) is 34.0 Å². The second-order valence-electron chi connectivity index (χ2n) is 5.75. The zero-order valence-electron chi connectivity index (χ0n) is 14.1. The highest BCUT2D eigenvalue weighted by Crippen LogP contribution is 2.23. The summed E-state index contributed by atoms with van der Waals surface area (Å²) >= 11 is 6.03. The van der Waals surface area contributed by atoms with Crippen LogP contribution in [-0.2, 0) is 9.53 Å². The van der Waals surface area contributed by atoms with E-state index in [-0.39, 0.29) is 0 Å². The highest BCUT2D eigenvalue weighted by Gasteiger charge is 2.20. The molecule has 0 aliphatic heterocycles. The number of rotatable bonds is 4. The monoisotopic (exact) mass is 345 g/mol. The molecule has 126 valence electrons. The van der Waals surface area contributed by atoms with E-state index in [1.807, 2.05) is 26.8 Å². The van der Waals surface area contributed by atoms with E-state index in [4.69, 9.17) is 16.3 Å². The molecule has 2 aromatic rings. The molecular formula is C19H20ClNO3. The van der Waals surface area contributed by atoms with Gasteiger partial charge in [0.25, 0.3) is 5.91 Å². The predicted octanol–water partition coefficient (Wildman–Crippen LogP) is 4.45. The van der Waals surface area contributed by atoms with Crippen LogP contribution in [0.3, 0.4) is 0 Å². The largest absolute Gasteiger partial charge is 0.449 e. The molecule has 0 saturated carbocycles. The van der Waals surface area contributed by atoms with Gasteiger partial charge < -0.3 is 10.1 Å². The Morgan fingerprint density at radius 1 is 1.08 bits per heavy atom. The molecule has 0 heterocycles. The van der Waals surface area contributed by atoms with Gasteiger partial charge in [-0.2, -0.15) is 0 Å². The minimum Gasteiger partial charge on any atom is -0.449 e. The smallest absolute Gasteiger partial charge is 0.338 e. The quantitative estimate of drug-likeness (QED) is 0.833. The van der Waals surface area contributed by atoms with E-state index in [2.05, 4.69) is 5.32 Å². The Labute approximate surface area is 146 Å². The van der Waals surface area contributed by atoms with Gasteiger partial charge >= 0.3 is 5.97 Å². The van der Waals surface area contributed by atoms with Gasteiger partial charge in [-0.25, -0.2) is 4.79 Å². The summed E-state index contributed by atoms with van der Waals surface area (Å²) in [7, 11) is 0. The first kappa shape index (κ1) is 18.0. The van der Waals surface area contributed by atoms with Crippen LogP contribution in [0.5, 0.6) is 0 Å². The normalized spacial score (nSPS) is 11.7. The molecule has 0 bridgehead atoms. The molecule has 1 N–H and O–H groups in total. The minimum absolute atomic E-state index is 0.405. The van der Waals surface area contributed by atoms with Crippen molar-refractivity contribution in [3.05, 3.63) is 63.7 Å². The summed E-state index contributed by atoms with van der Waals surface area (Å²) in [6, 6.07) is 10.5. The summed E-state index contributed by atoms with van der Waals surface area (Å²) in [4.78, 5) is 24.4. The van der Waals surface area contributed by atoms with Gasteiger partial charge in [0.15, 0.2) is 6.10 Å². The number of ether oxygens (including phenoxy) is 1. The fourth-order valence-corrected chi connectivity index (χ4v) is 2.30. The van der Waals surface area contributed by atoms with E-state index in [0.717, 1.165) is 16.7 Å². The zero-order chi connectivity index (χ0) is 17.9. The van der Waals surface area contributed by atoms with Crippen molar-refractivity contribution in [2.45, 2.75) is 33.8 Å². The maximum absolute atomic E-state index is 12.2.